The third-order valence-electron chi connectivity index (χ3n) is 0.863. The fraction of sp³-hybridized carbons (Fsp3) is 0.143. The number of halogens is 2. The van der Waals surface area contributed by atoms with Crippen molar-refractivity contribution in [2.24, 2.45) is 0 Å². The third kappa shape index (κ3) is 7.06. The molecule has 0 nitrogen and oxygen atoms in total. The smallest absolute Gasteiger partial charge is 1.00 e. The van der Waals surface area contributed by atoms with E-state index >= 15 is 0 Å². The van der Waals surface area contributed by atoms with E-state index in [9.17, 15) is 0 Å². The van der Waals surface area contributed by atoms with Gasteiger partial charge < -0.3 is 17.0 Å². The first-order valence-corrected chi connectivity index (χ1v) is 2.32. The standard InChI is InChI=1S/C7H7.2BrH.Mg/c1-7-5-3-2-4-6-7;;;/h2-3,5-6H,1H3;2*1H;/q-1;;;+2/p-1. The molecule has 0 radical (unpaired) electrons. The second-order valence-corrected chi connectivity index (χ2v) is 1.58. The van der Waals surface area contributed by atoms with Crippen LogP contribution in [-0.4, -0.2) is 23.1 Å². The Kier molecular flexibility index (Phi) is 17.1. The Balaban J connectivity index is -0.000000163. The summed E-state index contributed by atoms with van der Waals surface area (Å²) in [6, 6.07) is 10.8. The van der Waals surface area contributed by atoms with E-state index in [4.69, 9.17) is 0 Å². The van der Waals surface area contributed by atoms with Crippen LogP contribution in [0.15, 0.2) is 24.3 Å². The first-order chi connectivity index (χ1) is 3.39. The first-order valence-electron chi connectivity index (χ1n) is 2.32. The summed E-state index contributed by atoms with van der Waals surface area (Å²) in [5, 5.41) is 0. The van der Waals surface area contributed by atoms with Gasteiger partial charge in [-0.3, -0.25) is 0 Å². The van der Waals surface area contributed by atoms with Crippen molar-refractivity contribution in [1.29, 1.82) is 0 Å². The zero-order chi connectivity index (χ0) is 5.11. The number of rotatable bonds is 0. The molecule has 0 aromatic heterocycles. The molecule has 1 aromatic carbocycles. The zero-order valence-corrected chi connectivity index (χ0v) is 10.5. The van der Waals surface area contributed by atoms with Crippen molar-refractivity contribution in [3.05, 3.63) is 35.9 Å². The van der Waals surface area contributed by atoms with Gasteiger partial charge in [-0.2, -0.15) is 35.9 Å². The van der Waals surface area contributed by atoms with Gasteiger partial charge >= 0.3 is 23.1 Å². The van der Waals surface area contributed by atoms with E-state index in [1.54, 1.807) is 0 Å². The van der Waals surface area contributed by atoms with Crippen LogP contribution in [0.5, 0.6) is 0 Å². The maximum absolute atomic E-state index is 2.96. The van der Waals surface area contributed by atoms with E-state index in [0.717, 1.165) is 0 Å². The summed E-state index contributed by atoms with van der Waals surface area (Å²) in [5.41, 5.74) is 1.27. The molecule has 3 heteroatoms. The van der Waals surface area contributed by atoms with Crippen LogP contribution in [0.1, 0.15) is 5.56 Å². The van der Waals surface area contributed by atoms with Crippen LogP contribution in [0.25, 0.3) is 0 Å². The van der Waals surface area contributed by atoms with Crippen LogP contribution in [0.2, 0.25) is 0 Å². The Morgan fingerprint density at radius 1 is 1.40 bits per heavy atom. The Hall–Kier alpha value is 0.946. The van der Waals surface area contributed by atoms with Crippen molar-refractivity contribution in [2.45, 2.75) is 6.92 Å². The molecule has 0 aliphatic carbocycles. The minimum atomic E-state index is 0. The molecule has 0 fully saturated rings. The molecule has 0 N–H and O–H groups in total. The third-order valence-corrected chi connectivity index (χ3v) is 0.863. The normalized spacial score (nSPS) is 6.10. The molecule has 1 aromatic rings. The van der Waals surface area contributed by atoms with E-state index in [0.29, 0.717) is 0 Å². The summed E-state index contributed by atoms with van der Waals surface area (Å²) in [6.45, 7) is 2.05. The molecule has 0 aliphatic rings. The molecule has 0 saturated carbocycles. The predicted octanol–water partition coefficient (Wildman–Crippen LogP) is -1.00. The molecule has 0 spiro atoms. The van der Waals surface area contributed by atoms with Crippen LogP contribution in [0.3, 0.4) is 0 Å². The summed E-state index contributed by atoms with van der Waals surface area (Å²) in [7, 11) is 0. The Labute approximate surface area is 99.1 Å². The van der Waals surface area contributed by atoms with Gasteiger partial charge in [0.1, 0.15) is 0 Å². The molecule has 52 valence electrons. The van der Waals surface area contributed by atoms with E-state index in [1.165, 1.54) is 5.56 Å². The second kappa shape index (κ2) is 9.95. The van der Waals surface area contributed by atoms with Crippen molar-refractivity contribution in [3.63, 3.8) is 0 Å². The van der Waals surface area contributed by atoms with Crippen LogP contribution in [0, 0.1) is 13.0 Å². The largest absolute Gasteiger partial charge is 2.00 e. The van der Waals surface area contributed by atoms with Gasteiger partial charge in [0.2, 0.25) is 0 Å². The zero-order valence-electron chi connectivity index (χ0n) is 5.80. The van der Waals surface area contributed by atoms with Gasteiger partial charge in [0.25, 0.3) is 0 Å². The van der Waals surface area contributed by atoms with Crippen molar-refractivity contribution in [1.82, 2.24) is 0 Å². The van der Waals surface area contributed by atoms with Gasteiger partial charge in [-0.1, -0.05) is 6.92 Å². The maximum Gasteiger partial charge on any atom is 2.00 e. The molecule has 0 atom stereocenters. The maximum atomic E-state index is 2.96. The second-order valence-electron chi connectivity index (χ2n) is 1.58. The van der Waals surface area contributed by atoms with Gasteiger partial charge in [0.05, 0.1) is 0 Å². The Morgan fingerprint density at radius 3 is 2.20 bits per heavy atom. The van der Waals surface area contributed by atoms with E-state index in [1.807, 2.05) is 18.2 Å². The molecule has 0 saturated heterocycles. The van der Waals surface area contributed by atoms with Crippen molar-refractivity contribution in [3.8, 4) is 0 Å². The summed E-state index contributed by atoms with van der Waals surface area (Å²) in [5.74, 6) is 0. The summed E-state index contributed by atoms with van der Waals surface area (Å²) in [6.07, 6.45) is 0. The Morgan fingerprint density at radius 2 is 2.00 bits per heavy atom. The summed E-state index contributed by atoms with van der Waals surface area (Å²) >= 11 is 0. The minimum absolute atomic E-state index is 0. The predicted molar refractivity (Wildman–Crippen MR) is 46.1 cm³/mol. The van der Waals surface area contributed by atoms with Crippen LogP contribution < -0.4 is 17.0 Å². The van der Waals surface area contributed by atoms with Crippen molar-refractivity contribution >= 4 is 40.0 Å². The molecule has 0 bridgehead atoms. The molecule has 0 amide bonds. The summed E-state index contributed by atoms with van der Waals surface area (Å²) in [4.78, 5) is 0. The molecular formula is C7H8Br2Mg. The van der Waals surface area contributed by atoms with Crippen LogP contribution in [0.4, 0.5) is 0 Å². The monoisotopic (exact) mass is 274 g/mol. The number of hydrogen-bond acceptors (Lipinski definition) is 0. The van der Waals surface area contributed by atoms with Gasteiger partial charge in [-0.25, -0.2) is 0 Å². The Bertz CT molecular complexity index is 142. The van der Waals surface area contributed by atoms with E-state index in [2.05, 4.69) is 19.1 Å². The molecular weight excluding hydrogens is 268 g/mol. The van der Waals surface area contributed by atoms with Gasteiger partial charge in [0.15, 0.2) is 0 Å². The number of aryl methyl sites for hydroxylation is 1. The van der Waals surface area contributed by atoms with Crippen molar-refractivity contribution < 1.29 is 17.0 Å². The summed E-state index contributed by atoms with van der Waals surface area (Å²) < 4.78 is 0. The van der Waals surface area contributed by atoms with Crippen LogP contribution >= 0.6 is 17.0 Å². The fourth-order valence-corrected chi connectivity index (χ4v) is 0.483. The average Bonchev–Trinajstić information content (AvgIpc) is 1.69. The molecule has 0 heterocycles. The van der Waals surface area contributed by atoms with E-state index in [-0.39, 0.29) is 57.0 Å². The molecule has 0 unspecified atom stereocenters. The quantitative estimate of drug-likeness (QED) is 0.421. The minimum Gasteiger partial charge on any atom is -1.00 e. The molecule has 1 rings (SSSR count). The van der Waals surface area contributed by atoms with Gasteiger partial charge in [-0.15, -0.1) is 17.0 Å². The SMILES string of the molecule is Br.Cc1c[c-]ccc1.[Br-].[Mg+2]. The number of hydrogen-bond donors (Lipinski definition) is 0. The fourth-order valence-electron chi connectivity index (χ4n) is 0.483. The van der Waals surface area contributed by atoms with Crippen LogP contribution in [-0.2, 0) is 0 Å². The molecule has 0 aliphatic heterocycles. The van der Waals surface area contributed by atoms with Gasteiger partial charge in [0, 0.05) is 0 Å². The first kappa shape index (κ1) is 17.1. The van der Waals surface area contributed by atoms with Crippen molar-refractivity contribution in [2.75, 3.05) is 0 Å². The topological polar surface area (TPSA) is 0 Å². The molecule has 10 heavy (non-hydrogen) atoms. The van der Waals surface area contributed by atoms with Gasteiger partial charge in [-0.05, 0) is 0 Å². The average molecular weight is 276 g/mol. The number of benzene rings is 1. The van der Waals surface area contributed by atoms with E-state index < -0.39 is 0 Å².